The van der Waals surface area contributed by atoms with Gasteiger partial charge in [0.1, 0.15) is 11.8 Å². The molecule has 0 saturated carbocycles. The normalized spacial score (nSPS) is 12.1. The molecule has 1 atom stereocenters. The quantitative estimate of drug-likeness (QED) is 0.687. The van der Waals surface area contributed by atoms with Crippen molar-refractivity contribution in [2.75, 3.05) is 20.3 Å². The Balaban J connectivity index is 2.41. The first kappa shape index (κ1) is 16.5. The van der Waals surface area contributed by atoms with Crippen molar-refractivity contribution in [3.8, 4) is 5.75 Å². The number of carboxylic acids is 1. The molecule has 0 amide bonds. The van der Waals surface area contributed by atoms with Crippen molar-refractivity contribution in [2.45, 2.75) is 32.4 Å². The number of rotatable bonds is 10. The van der Waals surface area contributed by atoms with Crippen molar-refractivity contribution in [3.05, 3.63) is 29.8 Å². The summed E-state index contributed by atoms with van der Waals surface area (Å²) in [5.41, 5.74) is 1.03. The molecular weight excluding hydrogens is 258 g/mol. The molecule has 2 N–H and O–H groups in total. The van der Waals surface area contributed by atoms with E-state index in [1.807, 2.05) is 31.2 Å². The molecule has 1 unspecified atom stereocenters. The Bertz CT molecular complexity index is 409. The number of carboxylic acid groups (broad SMARTS) is 1. The maximum absolute atomic E-state index is 11.1. The SMILES string of the molecule is CCCNC(CCOc1cccc(COC)c1)C(=O)O. The van der Waals surface area contributed by atoms with Crippen LogP contribution in [0.3, 0.4) is 0 Å². The molecule has 5 nitrogen and oxygen atoms in total. The lowest BCUT2D eigenvalue weighted by molar-refractivity contribution is -0.139. The van der Waals surface area contributed by atoms with Gasteiger partial charge < -0.3 is 19.9 Å². The van der Waals surface area contributed by atoms with Gasteiger partial charge in [-0.2, -0.15) is 0 Å². The fourth-order valence-electron chi connectivity index (χ4n) is 1.82. The number of ether oxygens (including phenoxy) is 2. The summed E-state index contributed by atoms with van der Waals surface area (Å²) in [5.74, 6) is -0.102. The van der Waals surface area contributed by atoms with Crippen LogP contribution in [0, 0.1) is 0 Å². The van der Waals surface area contributed by atoms with E-state index >= 15 is 0 Å². The Hall–Kier alpha value is -1.59. The van der Waals surface area contributed by atoms with Gasteiger partial charge in [-0.15, -0.1) is 0 Å². The minimum atomic E-state index is -0.838. The standard InChI is InChI=1S/C15H23NO4/c1-3-8-16-14(15(17)18)7-9-20-13-6-4-5-12(10-13)11-19-2/h4-6,10,14,16H,3,7-9,11H2,1-2H3,(H,17,18). The van der Waals surface area contributed by atoms with E-state index in [-0.39, 0.29) is 0 Å². The molecule has 1 rings (SSSR count). The van der Waals surface area contributed by atoms with Crippen molar-refractivity contribution in [2.24, 2.45) is 0 Å². The number of methoxy groups -OCH3 is 1. The minimum Gasteiger partial charge on any atom is -0.494 e. The van der Waals surface area contributed by atoms with Crippen LogP contribution >= 0.6 is 0 Å². The van der Waals surface area contributed by atoms with Gasteiger partial charge in [-0.1, -0.05) is 19.1 Å². The van der Waals surface area contributed by atoms with Crippen LogP contribution in [0.4, 0.5) is 0 Å². The fourth-order valence-corrected chi connectivity index (χ4v) is 1.82. The molecule has 0 spiro atoms. The summed E-state index contributed by atoms with van der Waals surface area (Å²) in [6.45, 7) is 3.60. The summed E-state index contributed by atoms with van der Waals surface area (Å²) in [4.78, 5) is 11.1. The van der Waals surface area contributed by atoms with Crippen LogP contribution < -0.4 is 10.1 Å². The smallest absolute Gasteiger partial charge is 0.320 e. The molecule has 0 aliphatic rings. The minimum absolute atomic E-state index is 0.365. The zero-order valence-corrected chi connectivity index (χ0v) is 12.1. The highest BCUT2D eigenvalue weighted by Gasteiger charge is 2.15. The summed E-state index contributed by atoms with van der Waals surface area (Å²) in [6, 6.07) is 7.05. The van der Waals surface area contributed by atoms with Gasteiger partial charge in [0, 0.05) is 13.5 Å². The first-order valence-corrected chi connectivity index (χ1v) is 6.84. The molecule has 0 heterocycles. The number of nitrogens with one attached hydrogen (secondary N) is 1. The lowest BCUT2D eigenvalue weighted by Gasteiger charge is -2.14. The number of hydrogen-bond acceptors (Lipinski definition) is 4. The van der Waals surface area contributed by atoms with E-state index in [1.165, 1.54) is 0 Å². The van der Waals surface area contributed by atoms with E-state index in [4.69, 9.17) is 14.6 Å². The third-order valence-corrected chi connectivity index (χ3v) is 2.82. The molecular formula is C15H23NO4. The topological polar surface area (TPSA) is 67.8 Å². The Morgan fingerprint density at radius 1 is 1.45 bits per heavy atom. The third kappa shape index (κ3) is 6.04. The third-order valence-electron chi connectivity index (χ3n) is 2.82. The zero-order valence-electron chi connectivity index (χ0n) is 12.1. The Morgan fingerprint density at radius 3 is 2.90 bits per heavy atom. The lowest BCUT2D eigenvalue weighted by atomic mass is 10.2. The second kappa shape index (κ2) is 9.34. The summed E-state index contributed by atoms with van der Waals surface area (Å²) in [7, 11) is 1.64. The zero-order chi connectivity index (χ0) is 14.8. The monoisotopic (exact) mass is 281 g/mol. The second-order valence-electron chi connectivity index (χ2n) is 4.56. The van der Waals surface area contributed by atoms with Crippen molar-refractivity contribution in [3.63, 3.8) is 0 Å². The summed E-state index contributed by atoms with van der Waals surface area (Å²) < 4.78 is 10.7. The van der Waals surface area contributed by atoms with Crippen LogP contribution in [-0.4, -0.2) is 37.4 Å². The maximum Gasteiger partial charge on any atom is 0.320 e. The molecule has 1 aromatic rings. The molecule has 20 heavy (non-hydrogen) atoms. The van der Waals surface area contributed by atoms with Crippen molar-refractivity contribution in [1.82, 2.24) is 5.32 Å². The van der Waals surface area contributed by atoms with Crippen molar-refractivity contribution >= 4 is 5.97 Å². The number of carbonyl (C=O) groups is 1. The van der Waals surface area contributed by atoms with Crippen LogP contribution in [0.1, 0.15) is 25.3 Å². The van der Waals surface area contributed by atoms with Gasteiger partial charge in [0.05, 0.1) is 13.2 Å². The summed E-state index contributed by atoms with van der Waals surface area (Å²) in [6.07, 6.45) is 1.34. The first-order valence-electron chi connectivity index (χ1n) is 6.84. The number of aliphatic carboxylic acids is 1. The average molecular weight is 281 g/mol. The van der Waals surface area contributed by atoms with Crippen molar-refractivity contribution < 1.29 is 19.4 Å². The highest BCUT2D eigenvalue weighted by atomic mass is 16.5. The van der Waals surface area contributed by atoms with Gasteiger partial charge in [0.25, 0.3) is 0 Å². The van der Waals surface area contributed by atoms with E-state index in [2.05, 4.69) is 5.32 Å². The molecule has 1 aromatic carbocycles. The van der Waals surface area contributed by atoms with Crippen LogP contribution in [0.25, 0.3) is 0 Å². The predicted octanol–water partition coefficient (Wildman–Crippen LogP) is 2.05. The van der Waals surface area contributed by atoms with Crippen LogP contribution in [0.5, 0.6) is 5.75 Å². The van der Waals surface area contributed by atoms with Crippen LogP contribution in [0.2, 0.25) is 0 Å². The Labute approximate surface area is 119 Å². The molecule has 0 bridgehead atoms. The van der Waals surface area contributed by atoms with Gasteiger partial charge in [-0.05, 0) is 30.7 Å². The van der Waals surface area contributed by atoms with Gasteiger partial charge in [-0.3, -0.25) is 4.79 Å². The fraction of sp³-hybridized carbons (Fsp3) is 0.533. The molecule has 112 valence electrons. The largest absolute Gasteiger partial charge is 0.494 e. The van der Waals surface area contributed by atoms with E-state index in [1.54, 1.807) is 7.11 Å². The second-order valence-corrected chi connectivity index (χ2v) is 4.56. The number of hydrogen-bond donors (Lipinski definition) is 2. The van der Waals surface area contributed by atoms with Gasteiger partial charge in [0.15, 0.2) is 0 Å². The van der Waals surface area contributed by atoms with Crippen molar-refractivity contribution in [1.29, 1.82) is 0 Å². The highest BCUT2D eigenvalue weighted by molar-refractivity contribution is 5.73. The maximum atomic E-state index is 11.1. The highest BCUT2D eigenvalue weighted by Crippen LogP contribution is 2.14. The molecule has 0 fully saturated rings. The predicted molar refractivity (Wildman–Crippen MR) is 77.0 cm³/mol. The molecule has 0 radical (unpaired) electrons. The molecule has 5 heteroatoms. The molecule has 0 aliphatic heterocycles. The number of benzene rings is 1. The van der Waals surface area contributed by atoms with E-state index in [0.29, 0.717) is 26.2 Å². The summed E-state index contributed by atoms with van der Waals surface area (Å²) >= 11 is 0. The first-order chi connectivity index (χ1) is 9.67. The molecule has 0 aliphatic carbocycles. The average Bonchev–Trinajstić information content (AvgIpc) is 2.43. The van der Waals surface area contributed by atoms with Crippen LogP contribution in [0.15, 0.2) is 24.3 Å². The Kier molecular flexibility index (Phi) is 7.69. The summed E-state index contributed by atoms with van der Waals surface area (Å²) in [5, 5.41) is 12.1. The van der Waals surface area contributed by atoms with Gasteiger partial charge >= 0.3 is 5.97 Å². The molecule has 0 saturated heterocycles. The van der Waals surface area contributed by atoms with E-state index in [0.717, 1.165) is 17.7 Å². The molecule has 0 aromatic heterocycles. The van der Waals surface area contributed by atoms with Crippen LogP contribution in [-0.2, 0) is 16.1 Å². The lowest BCUT2D eigenvalue weighted by Crippen LogP contribution is -2.38. The Morgan fingerprint density at radius 2 is 2.25 bits per heavy atom. The van der Waals surface area contributed by atoms with E-state index in [9.17, 15) is 4.79 Å². The van der Waals surface area contributed by atoms with Gasteiger partial charge in [0.2, 0.25) is 0 Å². The van der Waals surface area contributed by atoms with E-state index < -0.39 is 12.0 Å². The van der Waals surface area contributed by atoms with Gasteiger partial charge in [-0.25, -0.2) is 0 Å².